The van der Waals surface area contributed by atoms with E-state index in [-0.39, 0.29) is 31.6 Å². The van der Waals surface area contributed by atoms with Crippen molar-refractivity contribution in [2.24, 2.45) is 0 Å². The lowest BCUT2D eigenvalue weighted by Crippen LogP contribution is -2.29. The van der Waals surface area contributed by atoms with Gasteiger partial charge in [-0.1, -0.05) is 193 Å². The molecule has 0 radical (unpaired) electrons. The zero-order valence-corrected chi connectivity index (χ0v) is 38.4. The third-order valence-corrected chi connectivity index (χ3v) is 9.18. The fourth-order valence-corrected chi connectivity index (χ4v) is 5.72. The number of esters is 2. The molecule has 0 saturated carbocycles. The Balaban J connectivity index is 4.53. The molecule has 1 unspecified atom stereocenters. The summed E-state index contributed by atoms with van der Waals surface area (Å²) in [7, 11) is 0. The summed E-state index contributed by atoms with van der Waals surface area (Å²) in [6.45, 7) is 7.35. The lowest BCUT2D eigenvalue weighted by atomic mass is 10.1. The Morgan fingerprint density at radius 3 is 1.30 bits per heavy atom. The van der Waals surface area contributed by atoms with Gasteiger partial charge in [0.25, 0.3) is 0 Å². The molecule has 336 valence electrons. The van der Waals surface area contributed by atoms with E-state index in [1.807, 2.05) is 12.2 Å². The van der Waals surface area contributed by atoms with Gasteiger partial charge in [-0.15, -0.1) is 0 Å². The van der Waals surface area contributed by atoms with E-state index in [1.54, 1.807) is 0 Å². The van der Waals surface area contributed by atoms with Crippen LogP contribution in [0.1, 0.15) is 175 Å². The highest BCUT2D eigenvalue weighted by molar-refractivity contribution is 5.71. The van der Waals surface area contributed by atoms with Crippen molar-refractivity contribution in [2.45, 2.75) is 181 Å². The van der Waals surface area contributed by atoms with Crippen molar-refractivity contribution in [3.8, 4) is 0 Å². The summed E-state index contributed by atoms with van der Waals surface area (Å²) >= 11 is 0. The molecule has 0 aliphatic rings. The van der Waals surface area contributed by atoms with E-state index >= 15 is 0 Å². The molecule has 0 saturated heterocycles. The number of allylic oxidation sites excluding steroid dienone is 21. The number of ether oxygens (including phenoxy) is 3. The van der Waals surface area contributed by atoms with Crippen molar-refractivity contribution in [1.29, 1.82) is 0 Å². The Hall–Kier alpha value is -3.96. The van der Waals surface area contributed by atoms with Crippen molar-refractivity contribution >= 4 is 11.9 Å². The average molecular weight is 827 g/mol. The zero-order chi connectivity index (χ0) is 43.5. The van der Waals surface area contributed by atoms with Crippen LogP contribution in [-0.4, -0.2) is 37.9 Å². The van der Waals surface area contributed by atoms with Crippen LogP contribution >= 0.6 is 0 Å². The fraction of sp³-hybridized carbons (Fsp3) is 0.564. The standard InChI is InChI=1S/C55H86O5/c1-4-7-10-13-16-19-22-25-27-28-30-31-33-36-39-42-45-48-54(56)59-52-53(51-58-50-47-44-41-38-35-24-21-18-15-12-9-6-3)60-55(57)49-46-43-40-37-34-32-29-26-23-20-17-14-11-8-5-2/h7-8,10-11,15-20,25-27,29-31,34,36-37,39,43,46,53H,4-6,9,12-14,21-24,28,32-33,35,38,40-42,44-45,47-52H2,1-3H3/b10-7-,11-8-,18-15-,19-16-,20-17-,27-25-,29-26-,31-30-,37-34-,39-36-,46-43-. The molecule has 0 aromatic carbocycles. The number of carbonyl (C=O) groups is 2. The molecule has 0 N–H and O–H groups in total. The monoisotopic (exact) mass is 827 g/mol. The molecular weight excluding hydrogens is 741 g/mol. The summed E-state index contributed by atoms with van der Waals surface area (Å²) in [5.74, 6) is -0.627. The summed E-state index contributed by atoms with van der Waals surface area (Å²) in [6, 6.07) is 0. The number of hydrogen-bond donors (Lipinski definition) is 0. The van der Waals surface area contributed by atoms with Crippen molar-refractivity contribution in [1.82, 2.24) is 0 Å². The van der Waals surface area contributed by atoms with E-state index in [9.17, 15) is 9.59 Å². The van der Waals surface area contributed by atoms with E-state index in [0.29, 0.717) is 19.4 Å². The lowest BCUT2D eigenvalue weighted by Gasteiger charge is -2.18. The van der Waals surface area contributed by atoms with Gasteiger partial charge in [-0.2, -0.15) is 0 Å². The average Bonchev–Trinajstić information content (AvgIpc) is 3.25. The first kappa shape index (κ1) is 56.0. The number of rotatable bonds is 41. The molecule has 0 spiro atoms. The second-order valence-corrected chi connectivity index (χ2v) is 14.9. The van der Waals surface area contributed by atoms with Gasteiger partial charge in [-0.25, -0.2) is 0 Å². The molecule has 0 aromatic rings. The summed E-state index contributed by atoms with van der Waals surface area (Å²) in [6.07, 6.45) is 70.5. The minimum atomic E-state index is -0.625. The van der Waals surface area contributed by atoms with Gasteiger partial charge >= 0.3 is 11.9 Å². The molecule has 0 fully saturated rings. The second kappa shape index (κ2) is 49.4. The maximum Gasteiger partial charge on any atom is 0.310 e. The maximum atomic E-state index is 12.7. The largest absolute Gasteiger partial charge is 0.462 e. The summed E-state index contributed by atoms with van der Waals surface area (Å²) in [5.41, 5.74) is 0. The predicted octanol–water partition coefficient (Wildman–Crippen LogP) is 16.0. The van der Waals surface area contributed by atoms with Crippen molar-refractivity contribution in [2.75, 3.05) is 19.8 Å². The van der Waals surface area contributed by atoms with Crippen LogP contribution in [0.4, 0.5) is 0 Å². The van der Waals surface area contributed by atoms with Crippen molar-refractivity contribution in [3.63, 3.8) is 0 Å². The van der Waals surface area contributed by atoms with E-state index in [1.165, 1.54) is 51.4 Å². The molecule has 1 atom stereocenters. The van der Waals surface area contributed by atoms with Gasteiger partial charge in [0.15, 0.2) is 6.10 Å². The van der Waals surface area contributed by atoms with E-state index in [4.69, 9.17) is 14.2 Å². The molecule has 0 heterocycles. The minimum Gasteiger partial charge on any atom is -0.462 e. The fourth-order valence-electron chi connectivity index (χ4n) is 5.72. The SMILES string of the molecule is CC/C=C\C/C=C\C/C=C\C/C=C\C/C=C\CCCC(=O)OCC(COCCCCCCCC/C=C\CCCC)OC(=O)C/C=C\C/C=C\C/C=C\C/C=C\C/C=C\CC. The van der Waals surface area contributed by atoms with Crippen LogP contribution in [0.3, 0.4) is 0 Å². The predicted molar refractivity (Wildman–Crippen MR) is 260 cm³/mol. The molecule has 60 heavy (non-hydrogen) atoms. The molecule has 0 rings (SSSR count). The molecule has 0 aliphatic carbocycles. The van der Waals surface area contributed by atoms with Gasteiger partial charge in [-0.05, 0) is 103 Å². The van der Waals surface area contributed by atoms with Gasteiger partial charge in [0, 0.05) is 13.0 Å². The summed E-state index contributed by atoms with van der Waals surface area (Å²) < 4.78 is 17.2. The van der Waals surface area contributed by atoms with Crippen LogP contribution < -0.4 is 0 Å². The van der Waals surface area contributed by atoms with Crippen molar-refractivity contribution in [3.05, 3.63) is 134 Å². The molecular formula is C55H86O5. The molecule has 0 amide bonds. The van der Waals surface area contributed by atoms with Gasteiger partial charge < -0.3 is 14.2 Å². The van der Waals surface area contributed by atoms with Crippen LogP contribution in [0.5, 0.6) is 0 Å². The molecule has 0 aliphatic heterocycles. The Morgan fingerprint density at radius 2 is 0.800 bits per heavy atom. The third kappa shape index (κ3) is 46.7. The van der Waals surface area contributed by atoms with Gasteiger partial charge in [0.05, 0.1) is 13.0 Å². The first-order chi connectivity index (χ1) is 29.6. The molecule has 5 nitrogen and oxygen atoms in total. The normalized spacial score (nSPS) is 13.4. The first-order valence-electron chi connectivity index (χ1n) is 23.7. The Labute approximate surface area is 369 Å². The van der Waals surface area contributed by atoms with E-state index in [2.05, 4.69) is 142 Å². The number of unbranched alkanes of at least 4 members (excludes halogenated alkanes) is 9. The minimum absolute atomic E-state index is 0.00476. The smallest absolute Gasteiger partial charge is 0.310 e. The zero-order valence-electron chi connectivity index (χ0n) is 38.4. The molecule has 0 aromatic heterocycles. The highest BCUT2D eigenvalue weighted by Crippen LogP contribution is 2.10. The Bertz CT molecular complexity index is 1300. The lowest BCUT2D eigenvalue weighted by molar-refractivity contribution is -0.162. The first-order valence-corrected chi connectivity index (χ1v) is 23.7. The molecule has 5 heteroatoms. The Kier molecular flexibility index (Phi) is 46.1. The maximum absolute atomic E-state index is 12.7. The highest BCUT2D eigenvalue weighted by atomic mass is 16.6. The summed E-state index contributed by atoms with van der Waals surface area (Å²) in [4.78, 5) is 25.2. The third-order valence-electron chi connectivity index (χ3n) is 9.18. The van der Waals surface area contributed by atoms with Gasteiger partial charge in [-0.3, -0.25) is 9.59 Å². The molecule has 0 bridgehead atoms. The van der Waals surface area contributed by atoms with Crippen LogP contribution in [0.2, 0.25) is 0 Å². The quantitative estimate of drug-likeness (QED) is 0.0349. The van der Waals surface area contributed by atoms with Gasteiger partial charge in [0.1, 0.15) is 6.61 Å². The van der Waals surface area contributed by atoms with Crippen LogP contribution in [-0.2, 0) is 23.8 Å². The van der Waals surface area contributed by atoms with E-state index in [0.717, 1.165) is 83.5 Å². The van der Waals surface area contributed by atoms with Crippen LogP contribution in [0.15, 0.2) is 134 Å². The van der Waals surface area contributed by atoms with Crippen LogP contribution in [0.25, 0.3) is 0 Å². The highest BCUT2D eigenvalue weighted by Gasteiger charge is 2.17. The Morgan fingerprint density at radius 1 is 0.400 bits per heavy atom. The number of hydrogen-bond acceptors (Lipinski definition) is 5. The second-order valence-electron chi connectivity index (χ2n) is 14.9. The van der Waals surface area contributed by atoms with E-state index < -0.39 is 6.10 Å². The van der Waals surface area contributed by atoms with Crippen LogP contribution in [0, 0.1) is 0 Å². The topological polar surface area (TPSA) is 61.8 Å². The number of carbonyl (C=O) groups excluding carboxylic acids is 2. The van der Waals surface area contributed by atoms with Gasteiger partial charge in [0.2, 0.25) is 0 Å². The van der Waals surface area contributed by atoms with Crippen molar-refractivity contribution < 1.29 is 23.8 Å². The summed E-state index contributed by atoms with van der Waals surface area (Å²) in [5, 5.41) is 0.